The summed E-state index contributed by atoms with van der Waals surface area (Å²) in [7, 11) is 0. The highest BCUT2D eigenvalue weighted by Gasteiger charge is 2.15. The Morgan fingerprint density at radius 2 is 2.32 bits per heavy atom. The first kappa shape index (κ1) is 11.8. The fourth-order valence-corrected chi connectivity index (χ4v) is 2.31. The van der Waals surface area contributed by atoms with Gasteiger partial charge in [-0.25, -0.2) is 4.98 Å². The molecule has 1 aliphatic rings. The fourth-order valence-electron chi connectivity index (χ4n) is 2.31. The molecule has 0 radical (unpaired) electrons. The van der Waals surface area contributed by atoms with Crippen molar-refractivity contribution in [3.05, 3.63) is 42.1 Å². The largest absolute Gasteiger partial charge is 0.494 e. The Morgan fingerprint density at radius 3 is 3.21 bits per heavy atom. The van der Waals surface area contributed by atoms with Gasteiger partial charge in [-0.2, -0.15) is 0 Å². The highest BCUT2D eigenvalue weighted by molar-refractivity contribution is 5.70. The van der Waals surface area contributed by atoms with Crippen molar-refractivity contribution in [2.24, 2.45) is 0 Å². The quantitative estimate of drug-likeness (QED) is 0.880. The van der Waals surface area contributed by atoms with Crippen LogP contribution in [0.25, 0.3) is 0 Å². The molecule has 19 heavy (non-hydrogen) atoms. The Kier molecular flexibility index (Phi) is 3.23. The fraction of sp³-hybridized carbons (Fsp3) is 0.267. The van der Waals surface area contributed by atoms with Crippen molar-refractivity contribution in [1.82, 2.24) is 4.98 Å². The summed E-state index contributed by atoms with van der Waals surface area (Å²) in [5.74, 6) is 1.88. The van der Waals surface area contributed by atoms with Crippen LogP contribution in [-0.2, 0) is 6.42 Å². The maximum atomic E-state index is 5.51. The average Bonchev–Trinajstić information content (AvgIpc) is 2.89. The summed E-state index contributed by atoms with van der Waals surface area (Å²) in [5, 5.41) is 6.73. The Labute approximate surface area is 112 Å². The van der Waals surface area contributed by atoms with Gasteiger partial charge in [0.15, 0.2) is 0 Å². The van der Waals surface area contributed by atoms with E-state index in [9.17, 15) is 0 Å². The molecule has 0 aliphatic carbocycles. The van der Waals surface area contributed by atoms with Crippen LogP contribution in [0.2, 0.25) is 0 Å². The third-order valence-electron chi connectivity index (χ3n) is 3.15. The first-order chi connectivity index (χ1) is 9.36. The van der Waals surface area contributed by atoms with Gasteiger partial charge in [-0.3, -0.25) is 0 Å². The summed E-state index contributed by atoms with van der Waals surface area (Å²) < 4.78 is 5.51. The molecule has 0 saturated heterocycles. The lowest BCUT2D eigenvalue weighted by Crippen LogP contribution is -1.97. The van der Waals surface area contributed by atoms with Crippen LogP contribution < -0.4 is 15.4 Å². The van der Waals surface area contributed by atoms with Crippen LogP contribution in [0.15, 0.2) is 36.5 Å². The van der Waals surface area contributed by atoms with Crippen molar-refractivity contribution >= 4 is 17.2 Å². The predicted octanol–water partition coefficient (Wildman–Crippen LogP) is 3.19. The van der Waals surface area contributed by atoms with Gasteiger partial charge >= 0.3 is 0 Å². The highest BCUT2D eigenvalue weighted by Crippen LogP contribution is 2.30. The Morgan fingerprint density at radius 1 is 1.37 bits per heavy atom. The lowest BCUT2D eigenvalue weighted by Gasteiger charge is -2.11. The first-order valence-electron chi connectivity index (χ1n) is 6.58. The topological polar surface area (TPSA) is 46.2 Å². The molecule has 0 amide bonds. The number of anilines is 3. The number of rotatable bonds is 4. The molecule has 4 nitrogen and oxygen atoms in total. The number of ether oxygens (including phenoxy) is 1. The Bertz CT molecular complexity index is 583. The van der Waals surface area contributed by atoms with E-state index < -0.39 is 0 Å². The van der Waals surface area contributed by atoms with E-state index in [4.69, 9.17) is 4.74 Å². The molecule has 4 heteroatoms. The molecule has 2 N–H and O–H groups in total. The smallest absolute Gasteiger partial charge is 0.131 e. The average molecular weight is 255 g/mol. The Hall–Kier alpha value is -2.23. The number of fused-ring (bicyclic) bond motifs is 1. The molecule has 0 unspecified atom stereocenters. The van der Waals surface area contributed by atoms with E-state index in [0.29, 0.717) is 6.61 Å². The van der Waals surface area contributed by atoms with Crippen LogP contribution in [0.1, 0.15) is 12.5 Å². The molecule has 2 aromatic rings. The van der Waals surface area contributed by atoms with E-state index in [2.05, 4.69) is 15.6 Å². The lowest BCUT2D eigenvalue weighted by atomic mass is 10.2. The number of pyridine rings is 1. The van der Waals surface area contributed by atoms with Gasteiger partial charge < -0.3 is 15.4 Å². The van der Waals surface area contributed by atoms with Gasteiger partial charge in [-0.15, -0.1) is 0 Å². The zero-order valence-corrected chi connectivity index (χ0v) is 10.9. The van der Waals surface area contributed by atoms with Crippen molar-refractivity contribution in [3.8, 4) is 5.75 Å². The molecule has 98 valence electrons. The van der Waals surface area contributed by atoms with E-state index in [-0.39, 0.29) is 0 Å². The molecular weight excluding hydrogens is 238 g/mol. The van der Waals surface area contributed by atoms with Gasteiger partial charge in [-0.1, -0.05) is 6.07 Å². The van der Waals surface area contributed by atoms with Crippen LogP contribution in [0.5, 0.6) is 5.75 Å². The summed E-state index contributed by atoms with van der Waals surface area (Å²) in [4.78, 5) is 4.33. The summed E-state index contributed by atoms with van der Waals surface area (Å²) >= 11 is 0. The van der Waals surface area contributed by atoms with Gasteiger partial charge in [0.1, 0.15) is 11.6 Å². The summed E-state index contributed by atoms with van der Waals surface area (Å²) in [6.07, 6.45) is 2.84. The lowest BCUT2D eigenvalue weighted by molar-refractivity contribution is 0.340. The second kappa shape index (κ2) is 5.18. The van der Waals surface area contributed by atoms with Gasteiger partial charge in [0.2, 0.25) is 0 Å². The van der Waals surface area contributed by atoms with Crippen molar-refractivity contribution in [2.75, 3.05) is 23.8 Å². The monoisotopic (exact) mass is 255 g/mol. The van der Waals surface area contributed by atoms with Crippen LogP contribution >= 0.6 is 0 Å². The molecule has 0 atom stereocenters. The summed E-state index contributed by atoms with van der Waals surface area (Å²) in [5.41, 5.74) is 3.40. The maximum absolute atomic E-state index is 5.51. The summed E-state index contributed by atoms with van der Waals surface area (Å²) in [6.45, 7) is 3.62. The van der Waals surface area contributed by atoms with Crippen LogP contribution in [0.3, 0.4) is 0 Å². The number of nitrogens with zero attached hydrogens (tertiary/aromatic N) is 1. The van der Waals surface area contributed by atoms with E-state index in [1.165, 1.54) is 5.56 Å². The van der Waals surface area contributed by atoms with E-state index in [1.807, 2.05) is 43.5 Å². The maximum Gasteiger partial charge on any atom is 0.131 e. The molecule has 0 spiro atoms. The third kappa shape index (κ3) is 2.47. The zero-order valence-electron chi connectivity index (χ0n) is 10.9. The van der Waals surface area contributed by atoms with Gasteiger partial charge in [0, 0.05) is 35.7 Å². The van der Waals surface area contributed by atoms with Gasteiger partial charge in [0.05, 0.1) is 6.61 Å². The molecular formula is C15H17N3O. The first-order valence-corrected chi connectivity index (χ1v) is 6.58. The molecule has 1 aliphatic heterocycles. The van der Waals surface area contributed by atoms with Gasteiger partial charge in [0.25, 0.3) is 0 Å². The SMILES string of the molecule is CCOc1cccc(Nc2ccnc3c2CCN3)c1. The Balaban J connectivity index is 1.85. The number of benzene rings is 1. The van der Waals surface area contributed by atoms with Crippen LogP contribution in [0.4, 0.5) is 17.2 Å². The minimum Gasteiger partial charge on any atom is -0.494 e. The van der Waals surface area contributed by atoms with E-state index in [1.54, 1.807) is 0 Å². The minimum atomic E-state index is 0.679. The number of nitrogens with one attached hydrogen (secondary N) is 2. The predicted molar refractivity (Wildman–Crippen MR) is 77.3 cm³/mol. The highest BCUT2D eigenvalue weighted by atomic mass is 16.5. The summed E-state index contributed by atoms with van der Waals surface area (Å²) in [6, 6.07) is 10.0. The standard InChI is InChI=1S/C15H17N3O/c1-2-19-12-5-3-4-11(10-12)18-14-7-9-17-15-13(14)6-8-16-15/h3-5,7,9-10H,2,6,8H2,1H3,(H2,16,17,18). The second-order valence-corrected chi connectivity index (χ2v) is 4.45. The van der Waals surface area contributed by atoms with Crippen molar-refractivity contribution in [1.29, 1.82) is 0 Å². The molecule has 0 fully saturated rings. The number of hydrogen-bond acceptors (Lipinski definition) is 4. The van der Waals surface area contributed by atoms with Crippen LogP contribution in [0, 0.1) is 0 Å². The van der Waals surface area contributed by atoms with E-state index in [0.717, 1.165) is 35.9 Å². The van der Waals surface area contributed by atoms with Crippen molar-refractivity contribution < 1.29 is 4.74 Å². The number of aromatic nitrogens is 1. The molecule has 0 bridgehead atoms. The minimum absolute atomic E-state index is 0.679. The zero-order chi connectivity index (χ0) is 13.1. The van der Waals surface area contributed by atoms with Crippen molar-refractivity contribution in [3.63, 3.8) is 0 Å². The third-order valence-corrected chi connectivity index (χ3v) is 3.15. The van der Waals surface area contributed by atoms with Gasteiger partial charge in [-0.05, 0) is 31.5 Å². The van der Waals surface area contributed by atoms with Crippen LogP contribution in [-0.4, -0.2) is 18.1 Å². The normalized spacial score (nSPS) is 12.7. The molecule has 1 aromatic carbocycles. The van der Waals surface area contributed by atoms with E-state index >= 15 is 0 Å². The number of hydrogen-bond donors (Lipinski definition) is 2. The molecule has 2 heterocycles. The molecule has 1 aromatic heterocycles. The molecule has 3 rings (SSSR count). The van der Waals surface area contributed by atoms with Crippen molar-refractivity contribution in [2.45, 2.75) is 13.3 Å². The molecule has 0 saturated carbocycles. The second-order valence-electron chi connectivity index (χ2n) is 4.45.